The lowest BCUT2D eigenvalue weighted by atomic mass is 10.2. The molecule has 0 aliphatic heterocycles. The molecule has 0 aliphatic carbocycles. The Bertz CT molecular complexity index is 231. The molecule has 0 amide bonds. The number of hydrogen-bond donors (Lipinski definition) is 0. The van der Waals surface area contributed by atoms with Crippen molar-refractivity contribution in [1.82, 2.24) is 0 Å². The van der Waals surface area contributed by atoms with Gasteiger partial charge in [-0.05, 0) is 6.42 Å². The molecule has 3 heteroatoms. The minimum atomic E-state index is -0.307. The van der Waals surface area contributed by atoms with Crippen LogP contribution in [-0.4, -0.2) is 26.3 Å². The van der Waals surface area contributed by atoms with Gasteiger partial charge in [0.15, 0.2) is 0 Å². The molecule has 0 spiro atoms. The van der Waals surface area contributed by atoms with Crippen molar-refractivity contribution in [1.29, 1.82) is 0 Å². The fraction of sp³-hybridized carbons (Fsp3) is 0.615. The van der Waals surface area contributed by atoms with E-state index in [-0.39, 0.29) is 12.6 Å². The zero-order valence-electron chi connectivity index (χ0n) is 10.3. The van der Waals surface area contributed by atoms with Gasteiger partial charge in [0.1, 0.15) is 0 Å². The van der Waals surface area contributed by atoms with Crippen molar-refractivity contribution in [2.75, 3.05) is 20.3 Å². The van der Waals surface area contributed by atoms with Gasteiger partial charge in [-0.25, -0.2) is 4.79 Å². The summed E-state index contributed by atoms with van der Waals surface area (Å²) in [6, 6.07) is 0. The molecule has 0 aromatic rings. The standard InChI is InChI=1S/C13H22O3/c1-4-6-7-8-10-16-13(14)12(9-5-2)11-15-3/h5,9H,2,4,6-8,10-11H2,1,3H3. The summed E-state index contributed by atoms with van der Waals surface area (Å²) in [6.45, 7) is 6.44. The minimum absolute atomic E-state index is 0.264. The Hall–Kier alpha value is -1.09. The highest BCUT2D eigenvalue weighted by Crippen LogP contribution is 2.03. The van der Waals surface area contributed by atoms with Crippen molar-refractivity contribution in [3.8, 4) is 0 Å². The molecule has 0 atom stereocenters. The van der Waals surface area contributed by atoms with E-state index in [1.165, 1.54) is 12.8 Å². The molecule has 0 unspecified atom stereocenters. The van der Waals surface area contributed by atoms with Crippen molar-refractivity contribution in [3.05, 3.63) is 24.3 Å². The van der Waals surface area contributed by atoms with Crippen LogP contribution in [-0.2, 0) is 14.3 Å². The Labute approximate surface area is 98.1 Å². The normalized spacial score (nSPS) is 11.2. The highest BCUT2D eigenvalue weighted by atomic mass is 16.5. The van der Waals surface area contributed by atoms with E-state index in [9.17, 15) is 4.79 Å². The fourth-order valence-corrected chi connectivity index (χ4v) is 1.26. The second kappa shape index (κ2) is 10.4. The number of carbonyl (C=O) groups excluding carboxylic acids is 1. The SMILES string of the molecule is C=CC=C(COC)C(=O)OCCCCCC. The summed E-state index contributed by atoms with van der Waals surface area (Å²) in [5.74, 6) is -0.307. The summed E-state index contributed by atoms with van der Waals surface area (Å²) in [4.78, 5) is 11.5. The molecular formula is C13H22O3. The van der Waals surface area contributed by atoms with Crippen LogP contribution in [0.1, 0.15) is 32.6 Å². The number of methoxy groups -OCH3 is 1. The van der Waals surface area contributed by atoms with E-state index in [0.717, 1.165) is 12.8 Å². The predicted molar refractivity (Wildman–Crippen MR) is 65.3 cm³/mol. The van der Waals surface area contributed by atoms with Crippen LogP contribution >= 0.6 is 0 Å². The van der Waals surface area contributed by atoms with Crippen LogP contribution in [0.15, 0.2) is 24.3 Å². The van der Waals surface area contributed by atoms with Crippen LogP contribution in [0.5, 0.6) is 0 Å². The van der Waals surface area contributed by atoms with Crippen molar-refractivity contribution in [3.63, 3.8) is 0 Å². The van der Waals surface area contributed by atoms with E-state index >= 15 is 0 Å². The van der Waals surface area contributed by atoms with Gasteiger partial charge in [-0.3, -0.25) is 0 Å². The largest absolute Gasteiger partial charge is 0.462 e. The van der Waals surface area contributed by atoms with Gasteiger partial charge >= 0.3 is 5.97 Å². The van der Waals surface area contributed by atoms with E-state index < -0.39 is 0 Å². The fourth-order valence-electron chi connectivity index (χ4n) is 1.26. The quantitative estimate of drug-likeness (QED) is 0.262. The number of esters is 1. The molecule has 0 N–H and O–H groups in total. The zero-order chi connectivity index (χ0) is 12.2. The second-order valence-corrected chi connectivity index (χ2v) is 3.56. The van der Waals surface area contributed by atoms with Gasteiger partial charge < -0.3 is 9.47 Å². The van der Waals surface area contributed by atoms with Gasteiger partial charge in [-0.15, -0.1) is 0 Å². The summed E-state index contributed by atoms with van der Waals surface area (Å²) in [6.07, 6.45) is 7.58. The number of hydrogen-bond acceptors (Lipinski definition) is 3. The molecule has 0 bridgehead atoms. The van der Waals surface area contributed by atoms with Gasteiger partial charge in [-0.2, -0.15) is 0 Å². The molecular weight excluding hydrogens is 204 g/mol. The van der Waals surface area contributed by atoms with Crippen LogP contribution in [0, 0.1) is 0 Å². The first-order valence-corrected chi connectivity index (χ1v) is 5.73. The van der Waals surface area contributed by atoms with E-state index in [2.05, 4.69) is 13.5 Å². The zero-order valence-corrected chi connectivity index (χ0v) is 10.3. The predicted octanol–water partition coefficient (Wildman–Crippen LogP) is 2.87. The van der Waals surface area contributed by atoms with Gasteiger partial charge in [0, 0.05) is 7.11 Å². The Balaban J connectivity index is 3.83. The first-order chi connectivity index (χ1) is 7.76. The Morgan fingerprint density at radius 3 is 2.62 bits per heavy atom. The number of ether oxygens (including phenoxy) is 2. The molecule has 0 heterocycles. The van der Waals surface area contributed by atoms with E-state index in [1.54, 1.807) is 19.3 Å². The Morgan fingerprint density at radius 2 is 2.06 bits per heavy atom. The van der Waals surface area contributed by atoms with Crippen LogP contribution < -0.4 is 0 Å². The van der Waals surface area contributed by atoms with Gasteiger partial charge in [0.2, 0.25) is 0 Å². The third-order valence-corrected chi connectivity index (χ3v) is 2.11. The second-order valence-electron chi connectivity index (χ2n) is 3.56. The maximum absolute atomic E-state index is 11.5. The molecule has 0 aromatic heterocycles. The van der Waals surface area contributed by atoms with Crippen molar-refractivity contribution in [2.45, 2.75) is 32.6 Å². The smallest absolute Gasteiger partial charge is 0.336 e. The maximum atomic E-state index is 11.5. The molecule has 0 aromatic carbocycles. The molecule has 16 heavy (non-hydrogen) atoms. The van der Waals surface area contributed by atoms with Crippen LogP contribution in [0.4, 0.5) is 0 Å². The Morgan fingerprint density at radius 1 is 1.31 bits per heavy atom. The van der Waals surface area contributed by atoms with Crippen molar-refractivity contribution in [2.24, 2.45) is 0 Å². The first-order valence-electron chi connectivity index (χ1n) is 5.73. The summed E-state index contributed by atoms with van der Waals surface area (Å²) in [7, 11) is 1.55. The third-order valence-electron chi connectivity index (χ3n) is 2.11. The average molecular weight is 226 g/mol. The lowest BCUT2D eigenvalue weighted by molar-refractivity contribution is -0.139. The third kappa shape index (κ3) is 7.23. The van der Waals surface area contributed by atoms with Crippen LogP contribution in [0.3, 0.4) is 0 Å². The summed E-state index contributed by atoms with van der Waals surface area (Å²) in [5.41, 5.74) is 0.507. The van der Waals surface area contributed by atoms with Gasteiger partial charge in [0.25, 0.3) is 0 Å². The number of unbranched alkanes of at least 4 members (excludes halogenated alkanes) is 3. The molecule has 0 saturated carbocycles. The maximum Gasteiger partial charge on any atom is 0.336 e. The van der Waals surface area contributed by atoms with Crippen molar-refractivity contribution < 1.29 is 14.3 Å². The number of allylic oxidation sites excluding steroid dienone is 2. The highest BCUT2D eigenvalue weighted by molar-refractivity contribution is 5.89. The number of carbonyl (C=O) groups is 1. The first kappa shape index (κ1) is 14.9. The minimum Gasteiger partial charge on any atom is -0.462 e. The molecule has 0 aliphatic rings. The van der Waals surface area contributed by atoms with Crippen LogP contribution in [0.2, 0.25) is 0 Å². The molecule has 0 saturated heterocycles. The van der Waals surface area contributed by atoms with E-state index in [0.29, 0.717) is 12.2 Å². The van der Waals surface area contributed by atoms with Crippen molar-refractivity contribution >= 4 is 5.97 Å². The van der Waals surface area contributed by atoms with E-state index in [4.69, 9.17) is 9.47 Å². The monoisotopic (exact) mass is 226 g/mol. The van der Waals surface area contributed by atoms with Gasteiger partial charge in [-0.1, -0.05) is 44.9 Å². The average Bonchev–Trinajstić information content (AvgIpc) is 2.28. The van der Waals surface area contributed by atoms with E-state index in [1.807, 2.05) is 0 Å². The summed E-state index contributed by atoms with van der Waals surface area (Å²) in [5, 5.41) is 0. The van der Waals surface area contributed by atoms with Crippen LogP contribution in [0.25, 0.3) is 0 Å². The highest BCUT2D eigenvalue weighted by Gasteiger charge is 2.09. The molecule has 3 nitrogen and oxygen atoms in total. The summed E-state index contributed by atoms with van der Waals surface area (Å²) >= 11 is 0. The summed E-state index contributed by atoms with van der Waals surface area (Å²) < 4.78 is 10.0. The molecule has 92 valence electrons. The Kier molecular flexibility index (Phi) is 9.72. The van der Waals surface area contributed by atoms with Gasteiger partial charge in [0.05, 0.1) is 18.8 Å². The molecule has 0 radical (unpaired) electrons. The lowest BCUT2D eigenvalue weighted by Gasteiger charge is -2.06. The molecule has 0 rings (SSSR count). The topological polar surface area (TPSA) is 35.5 Å². The molecule has 0 fully saturated rings. The lowest BCUT2D eigenvalue weighted by Crippen LogP contribution is -2.12. The number of rotatable bonds is 9.